The van der Waals surface area contributed by atoms with Crippen molar-refractivity contribution in [2.75, 3.05) is 19.8 Å². The van der Waals surface area contributed by atoms with Crippen molar-refractivity contribution in [2.24, 2.45) is 28.1 Å². The van der Waals surface area contributed by atoms with E-state index in [0.29, 0.717) is 31.4 Å². The smallest absolute Gasteiger partial charge is 0.195 e. The van der Waals surface area contributed by atoms with Crippen molar-refractivity contribution in [1.29, 1.82) is 0 Å². The molecule has 7 N–H and O–H groups in total. The quantitative estimate of drug-likeness (QED) is 0.483. The first-order chi connectivity index (χ1) is 7.63. The lowest BCUT2D eigenvalue weighted by Gasteiger charge is -2.29. The van der Waals surface area contributed by atoms with Crippen LogP contribution >= 0.6 is 0 Å². The molecule has 2 unspecified atom stereocenters. The standard InChI is InChI=1S/C10H19N5O/c11-3-2-10(13)5-8(14-9(12)15-10)7-1-4-16-6-7/h5,7H,1-4,6,11,13H2,(H3,12,14,15). The van der Waals surface area contributed by atoms with E-state index >= 15 is 0 Å². The van der Waals surface area contributed by atoms with E-state index in [1.165, 1.54) is 0 Å². The van der Waals surface area contributed by atoms with Crippen molar-refractivity contribution in [3.8, 4) is 0 Å². The van der Waals surface area contributed by atoms with Crippen LogP contribution in [0.2, 0.25) is 0 Å². The van der Waals surface area contributed by atoms with E-state index in [-0.39, 0.29) is 0 Å². The maximum absolute atomic E-state index is 6.11. The Morgan fingerprint density at radius 2 is 2.44 bits per heavy atom. The largest absolute Gasteiger partial charge is 0.381 e. The molecule has 0 aliphatic carbocycles. The number of rotatable bonds is 3. The van der Waals surface area contributed by atoms with Crippen LogP contribution in [0.15, 0.2) is 16.8 Å². The minimum atomic E-state index is -0.762. The van der Waals surface area contributed by atoms with Crippen LogP contribution in [0.4, 0.5) is 0 Å². The Balaban J connectivity index is 2.16. The van der Waals surface area contributed by atoms with Gasteiger partial charge in [0.1, 0.15) is 5.66 Å². The second kappa shape index (κ2) is 4.40. The third kappa shape index (κ3) is 2.34. The highest BCUT2D eigenvalue weighted by Crippen LogP contribution is 2.25. The predicted molar refractivity (Wildman–Crippen MR) is 62.4 cm³/mol. The molecular formula is C10H19N5O. The van der Waals surface area contributed by atoms with Gasteiger partial charge in [0.15, 0.2) is 5.96 Å². The molecule has 2 atom stereocenters. The zero-order valence-electron chi connectivity index (χ0n) is 9.28. The number of hydrogen-bond donors (Lipinski definition) is 4. The van der Waals surface area contributed by atoms with Gasteiger partial charge >= 0.3 is 0 Å². The lowest BCUT2D eigenvalue weighted by Crippen LogP contribution is -2.48. The molecule has 0 aromatic carbocycles. The Kier molecular flexibility index (Phi) is 3.13. The van der Waals surface area contributed by atoms with Crippen molar-refractivity contribution >= 4 is 5.96 Å². The van der Waals surface area contributed by atoms with Crippen molar-refractivity contribution in [3.05, 3.63) is 11.8 Å². The summed E-state index contributed by atoms with van der Waals surface area (Å²) < 4.78 is 5.35. The van der Waals surface area contributed by atoms with E-state index in [9.17, 15) is 0 Å². The fraction of sp³-hybridized carbons (Fsp3) is 0.700. The normalized spacial score (nSPS) is 34.2. The number of aliphatic imine (C=N–C) groups is 1. The van der Waals surface area contributed by atoms with E-state index < -0.39 is 5.66 Å². The fourth-order valence-corrected chi connectivity index (χ4v) is 2.10. The summed E-state index contributed by atoms with van der Waals surface area (Å²) in [5, 5.41) is 3.06. The molecule has 2 aliphatic rings. The zero-order chi connectivity index (χ0) is 11.6. The highest BCUT2D eigenvalue weighted by Gasteiger charge is 2.30. The highest BCUT2D eigenvalue weighted by atomic mass is 16.5. The molecule has 2 aliphatic heterocycles. The van der Waals surface area contributed by atoms with Crippen LogP contribution in [0.1, 0.15) is 12.8 Å². The highest BCUT2D eigenvalue weighted by molar-refractivity contribution is 5.81. The Morgan fingerprint density at radius 1 is 1.62 bits per heavy atom. The van der Waals surface area contributed by atoms with Gasteiger partial charge in [-0.05, 0) is 19.0 Å². The molecule has 6 heteroatoms. The Morgan fingerprint density at radius 3 is 3.06 bits per heavy atom. The topological polar surface area (TPSA) is 112 Å². The third-order valence-electron chi connectivity index (χ3n) is 2.92. The Labute approximate surface area is 94.9 Å². The minimum absolute atomic E-state index is 0.342. The van der Waals surface area contributed by atoms with Gasteiger partial charge in [0, 0.05) is 24.6 Å². The van der Waals surface area contributed by atoms with Crippen LogP contribution in [0, 0.1) is 5.92 Å². The molecule has 0 spiro atoms. The van der Waals surface area contributed by atoms with Gasteiger partial charge in [-0.15, -0.1) is 0 Å². The number of nitrogens with zero attached hydrogens (tertiary/aromatic N) is 1. The summed E-state index contributed by atoms with van der Waals surface area (Å²) >= 11 is 0. The third-order valence-corrected chi connectivity index (χ3v) is 2.92. The van der Waals surface area contributed by atoms with Crippen molar-refractivity contribution in [2.45, 2.75) is 18.5 Å². The van der Waals surface area contributed by atoms with Crippen molar-refractivity contribution < 1.29 is 4.74 Å². The lowest BCUT2D eigenvalue weighted by atomic mass is 9.97. The van der Waals surface area contributed by atoms with Gasteiger partial charge in [-0.25, -0.2) is 4.99 Å². The van der Waals surface area contributed by atoms with Gasteiger partial charge in [0.2, 0.25) is 0 Å². The molecule has 6 nitrogen and oxygen atoms in total. The van der Waals surface area contributed by atoms with Crippen LogP contribution in [0.3, 0.4) is 0 Å². The zero-order valence-corrected chi connectivity index (χ0v) is 9.28. The predicted octanol–water partition coefficient (Wildman–Crippen LogP) is -1.17. The van der Waals surface area contributed by atoms with Gasteiger partial charge < -0.3 is 27.3 Å². The SMILES string of the molecule is NCCC1(N)C=C(C2CCOC2)NC(N)=N1. The summed E-state index contributed by atoms with van der Waals surface area (Å²) in [6, 6.07) is 0. The summed E-state index contributed by atoms with van der Waals surface area (Å²) in [6.07, 6.45) is 3.51. The summed E-state index contributed by atoms with van der Waals surface area (Å²) in [4.78, 5) is 4.19. The fourth-order valence-electron chi connectivity index (χ4n) is 2.10. The van der Waals surface area contributed by atoms with Gasteiger partial charge in [-0.1, -0.05) is 0 Å². The van der Waals surface area contributed by atoms with Crippen LogP contribution in [0.25, 0.3) is 0 Å². The van der Waals surface area contributed by atoms with E-state index in [2.05, 4.69) is 10.3 Å². The molecule has 90 valence electrons. The minimum Gasteiger partial charge on any atom is -0.381 e. The summed E-state index contributed by atoms with van der Waals surface area (Å²) in [6.45, 7) is 1.98. The van der Waals surface area contributed by atoms with Gasteiger partial charge in [-0.2, -0.15) is 0 Å². The Bertz CT molecular complexity index is 321. The molecular weight excluding hydrogens is 206 g/mol. The number of nitrogens with two attached hydrogens (primary N) is 3. The maximum atomic E-state index is 6.11. The Hall–Kier alpha value is -1.11. The molecule has 0 aromatic rings. The summed E-state index contributed by atoms with van der Waals surface area (Å²) in [7, 11) is 0. The van der Waals surface area contributed by atoms with Gasteiger partial charge in [-0.3, -0.25) is 0 Å². The molecule has 1 saturated heterocycles. The van der Waals surface area contributed by atoms with E-state index in [0.717, 1.165) is 18.7 Å². The van der Waals surface area contributed by atoms with E-state index in [4.69, 9.17) is 21.9 Å². The van der Waals surface area contributed by atoms with Gasteiger partial charge in [0.05, 0.1) is 6.61 Å². The average Bonchev–Trinajstić information content (AvgIpc) is 2.68. The molecule has 1 fully saturated rings. The molecule has 2 heterocycles. The first kappa shape index (κ1) is 11.4. The van der Waals surface area contributed by atoms with E-state index in [1.807, 2.05) is 6.08 Å². The average molecular weight is 225 g/mol. The van der Waals surface area contributed by atoms with Crippen LogP contribution in [-0.2, 0) is 4.74 Å². The first-order valence-corrected chi connectivity index (χ1v) is 5.55. The number of nitrogens with one attached hydrogen (secondary N) is 1. The molecule has 0 aromatic heterocycles. The number of guanidine groups is 1. The van der Waals surface area contributed by atoms with Crippen molar-refractivity contribution in [3.63, 3.8) is 0 Å². The van der Waals surface area contributed by atoms with Crippen LogP contribution < -0.4 is 22.5 Å². The number of hydrogen-bond acceptors (Lipinski definition) is 6. The molecule has 0 radical (unpaired) electrons. The molecule has 0 bridgehead atoms. The summed E-state index contributed by atoms with van der Waals surface area (Å²) in [5.74, 6) is 0.704. The van der Waals surface area contributed by atoms with Crippen LogP contribution in [0.5, 0.6) is 0 Å². The number of ether oxygens (including phenoxy) is 1. The maximum Gasteiger partial charge on any atom is 0.195 e. The molecule has 2 rings (SSSR count). The monoisotopic (exact) mass is 225 g/mol. The summed E-state index contributed by atoms with van der Waals surface area (Å²) in [5.41, 5.74) is 17.6. The van der Waals surface area contributed by atoms with E-state index in [1.54, 1.807) is 0 Å². The molecule has 0 saturated carbocycles. The lowest BCUT2D eigenvalue weighted by molar-refractivity contribution is 0.189. The van der Waals surface area contributed by atoms with Crippen molar-refractivity contribution in [1.82, 2.24) is 5.32 Å². The molecule has 0 amide bonds. The first-order valence-electron chi connectivity index (χ1n) is 5.55. The molecule has 16 heavy (non-hydrogen) atoms. The van der Waals surface area contributed by atoms with Crippen LogP contribution in [-0.4, -0.2) is 31.4 Å². The second-order valence-electron chi connectivity index (χ2n) is 4.31. The second-order valence-corrected chi connectivity index (χ2v) is 4.31. The van der Waals surface area contributed by atoms with Gasteiger partial charge in [0.25, 0.3) is 0 Å².